The first kappa shape index (κ1) is 21.8. The van der Waals surface area contributed by atoms with Crippen LogP contribution >= 0.6 is 0 Å². The highest BCUT2D eigenvalue weighted by Gasteiger charge is 2.07. The lowest BCUT2D eigenvalue weighted by atomic mass is 9.97. The minimum atomic E-state index is -0.00811. The van der Waals surface area contributed by atoms with Crippen LogP contribution < -0.4 is 15.4 Å². The lowest BCUT2D eigenvalue weighted by Crippen LogP contribution is -2.40. The number of allylic oxidation sites excluding steroid dienone is 1. The topological polar surface area (TPSA) is 66.0 Å². The van der Waals surface area contributed by atoms with Gasteiger partial charge in [0, 0.05) is 27.2 Å². The molecule has 1 amide bonds. The van der Waals surface area contributed by atoms with Crippen molar-refractivity contribution in [1.82, 2.24) is 15.5 Å². The number of rotatable bonds is 9. The number of amides is 1. The summed E-state index contributed by atoms with van der Waals surface area (Å²) < 4.78 is 5.19. The summed E-state index contributed by atoms with van der Waals surface area (Å²) in [5.41, 5.74) is 2.75. The molecule has 0 aromatic heterocycles. The molecule has 0 spiro atoms. The van der Waals surface area contributed by atoms with Gasteiger partial charge in [-0.1, -0.05) is 23.8 Å². The summed E-state index contributed by atoms with van der Waals surface area (Å²) in [6, 6.07) is 8.07. The molecule has 0 bridgehead atoms. The van der Waals surface area contributed by atoms with E-state index in [1.54, 1.807) is 26.1 Å². The van der Waals surface area contributed by atoms with Gasteiger partial charge in [-0.05, 0) is 56.2 Å². The number of nitrogens with zero attached hydrogens (tertiary/aromatic N) is 2. The highest BCUT2D eigenvalue weighted by molar-refractivity contribution is 5.84. The van der Waals surface area contributed by atoms with Crippen LogP contribution in [0.3, 0.4) is 0 Å². The van der Waals surface area contributed by atoms with E-state index in [-0.39, 0.29) is 12.5 Å². The number of hydrogen-bond acceptors (Lipinski definition) is 3. The van der Waals surface area contributed by atoms with Gasteiger partial charge in [0.1, 0.15) is 12.3 Å². The van der Waals surface area contributed by atoms with Crippen LogP contribution in [-0.2, 0) is 11.2 Å². The Morgan fingerprint density at radius 1 is 1.11 bits per heavy atom. The number of aliphatic imine (C=N–C) groups is 1. The van der Waals surface area contributed by atoms with Crippen molar-refractivity contribution >= 4 is 11.9 Å². The number of methoxy groups -OCH3 is 1. The molecule has 0 saturated carbocycles. The largest absolute Gasteiger partial charge is 0.497 e. The van der Waals surface area contributed by atoms with Crippen LogP contribution in [-0.4, -0.2) is 57.6 Å². The molecule has 0 fully saturated rings. The number of ether oxygens (including phenoxy) is 1. The number of hydrogen-bond donors (Lipinski definition) is 2. The Bertz CT molecular complexity index is 666. The van der Waals surface area contributed by atoms with Crippen molar-refractivity contribution in [2.75, 3.05) is 40.8 Å². The fourth-order valence-electron chi connectivity index (χ4n) is 3.05. The van der Waals surface area contributed by atoms with E-state index < -0.39 is 0 Å². The van der Waals surface area contributed by atoms with E-state index in [9.17, 15) is 4.79 Å². The zero-order valence-corrected chi connectivity index (χ0v) is 17.5. The molecular formula is C22H34N4O2. The minimum Gasteiger partial charge on any atom is -0.497 e. The molecule has 0 saturated heterocycles. The van der Waals surface area contributed by atoms with Crippen LogP contribution in [0, 0.1) is 0 Å². The van der Waals surface area contributed by atoms with E-state index in [0.29, 0.717) is 5.96 Å². The average Bonchev–Trinajstić information content (AvgIpc) is 2.72. The number of carbonyl (C=O) groups excluding carboxylic acids is 1. The van der Waals surface area contributed by atoms with Gasteiger partial charge in [0.05, 0.1) is 7.11 Å². The van der Waals surface area contributed by atoms with Crippen molar-refractivity contribution in [3.05, 3.63) is 41.5 Å². The summed E-state index contributed by atoms with van der Waals surface area (Å²) in [6.45, 7) is 1.72. The zero-order valence-electron chi connectivity index (χ0n) is 17.5. The standard InChI is InChI=1S/C22H34N4O2/c1-26(2)21(27)17-25-22(23-15-13-18-7-5-4-6-8-18)24-16-14-19-9-11-20(28-3)12-10-19/h7,9-12H,4-6,8,13-17H2,1-3H3,(H2,23,24,25). The third kappa shape index (κ3) is 8.03. The molecule has 1 aromatic carbocycles. The van der Waals surface area contributed by atoms with Crippen LogP contribution in [0.1, 0.15) is 37.7 Å². The average molecular weight is 387 g/mol. The Labute approximate surface area is 169 Å². The van der Waals surface area contributed by atoms with Crippen molar-refractivity contribution in [3.8, 4) is 5.75 Å². The summed E-state index contributed by atoms with van der Waals surface area (Å²) in [7, 11) is 5.17. The first-order valence-corrected chi connectivity index (χ1v) is 10.1. The summed E-state index contributed by atoms with van der Waals surface area (Å²) in [5.74, 6) is 1.55. The number of nitrogens with one attached hydrogen (secondary N) is 2. The molecule has 1 aliphatic rings. The van der Waals surface area contributed by atoms with Crippen molar-refractivity contribution in [3.63, 3.8) is 0 Å². The van der Waals surface area contributed by atoms with Gasteiger partial charge < -0.3 is 20.3 Å². The predicted octanol–water partition coefficient (Wildman–Crippen LogP) is 2.75. The highest BCUT2D eigenvalue weighted by Crippen LogP contribution is 2.19. The predicted molar refractivity (Wildman–Crippen MR) is 115 cm³/mol. The molecule has 0 heterocycles. The molecular weight excluding hydrogens is 352 g/mol. The smallest absolute Gasteiger partial charge is 0.243 e. The molecule has 0 atom stereocenters. The Hall–Kier alpha value is -2.50. The number of guanidine groups is 1. The maximum absolute atomic E-state index is 11.9. The van der Waals surface area contributed by atoms with E-state index in [1.807, 2.05) is 12.1 Å². The molecule has 6 heteroatoms. The summed E-state index contributed by atoms with van der Waals surface area (Å²) in [6.07, 6.45) is 9.28. The Morgan fingerprint density at radius 3 is 2.43 bits per heavy atom. The Kier molecular flexibility index (Phi) is 9.39. The van der Waals surface area contributed by atoms with Crippen LogP contribution in [0.15, 0.2) is 40.9 Å². The Balaban J connectivity index is 1.84. The number of carbonyl (C=O) groups is 1. The van der Waals surface area contributed by atoms with E-state index in [2.05, 4.69) is 33.8 Å². The van der Waals surface area contributed by atoms with E-state index in [0.717, 1.165) is 31.7 Å². The van der Waals surface area contributed by atoms with Gasteiger partial charge in [0.25, 0.3) is 0 Å². The van der Waals surface area contributed by atoms with E-state index >= 15 is 0 Å². The second kappa shape index (κ2) is 12.1. The first-order chi connectivity index (χ1) is 13.6. The fourth-order valence-corrected chi connectivity index (χ4v) is 3.05. The summed E-state index contributed by atoms with van der Waals surface area (Å²) in [5, 5.41) is 6.72. The molecule has 28 heavy (non-hydrogen) atoms. The third-order valence-electron chi connectivity index (χ3n) is 4.86. The van der Waals surface area contributed by atoms with E-state index in [1.165, 1.54) is 36.8 Å². The molecule has 6 nitrogen and oxygen atoms in total. The van der Waals surface area contributed by atoms with Gasteiger partial charge in [0.2, 0.25) is 5.91 Å². The maximum atomic E-state index is 11.9. The molecule has 0 unspecified atom stereocenters. The fraction of sp³-hybridized carbons (Fsp3) is 0.545. The lowest BCUT2D eigenvalue weighted by molar-refractivity contribution is -0.127. The quantitative estimate of drug-likeness (QED) is 0.389. The van der Waals surface area contributed by atoms with Gasteiger partial charge in [-0.3, -0.25) is 4.79 Å². The van der Waals surface area contributed by atoms with Crippen LogP contribution in [0.25, 0.3) is 0 Å². The molecule has 1 aromatic rings. The lowest BCUT2D eigenvalue weighted by Gasteiger charge is -2.16. The third-order valence-corrected chi connectivity index (χ3v) is 4.86. The van der Waals surface area contributed by atoms with Crippen molar-refractivity contribution in [2.45, 2.75) is 38.5 Å². The zero-order chi connectivity index (χ0) is 20.2. The van der Waals surface area contributed by atoms with Gasteiger partial charge in [-0.25, -0.2) is 4.99 Å². The second-order valence-corrected chi connectivity index (χ2v) is 7.26. The highest BCUT2D eigenvalue weighted by atomic mass is 16.5. The molecule has 2 N–H and O–H groups in total. The summed E-state index contributed by atoms with van der Waals surface area (Å²) >= 11 is 0. The van der Waals surface area contributed by atoms with Crippen LogP contribution in [0.5, 0.6) is 5.75 Å². The molecule has 1 aliphatic carbocycles. The molecule has 0 radical (unpaired) electrons. The maximum Gasteiger partial charge on any atom is 0.243 e. The van der Waals surface area contributed by atoms with Crippen molar-refractivity contribution < 1.29 is 9.53 Å². The second-order valence-electron chi connectivity index (χ2n) is 7.26. The minimum absolute atomic E-state index is 0.00811. The SMILES string of the molecule is COc1ccc(CCNC(=NCC(=O)N(C)C)NCCC2=CCCCC2)cc1. The van der Waals surface area contributed by atoms with Gasteiger partial charge >= 0.3 is 0 Å². The van der Waals surface area contributed by atoms with Crippen LogP contribution in [0.4, 0.5) is 0 Å². The molecule has 0 aliphatic heterocycles. The first-order valence-electron chi connectivity index (χ1n) is 10.1. The van der Waals surface area contributed by atoms with E-state index in [4.69, 9.17) is 4.74 Å². The number of likely N-dealkylation sites (N-methyl/N-ethyl adjacent to an activating group) is 1. The van der Waals surface area contributed by atoms with Gasteiger partial charge in [-0.15, -0.1) is 0 Å². The molecule has 2 rings (SSSR count). The monoisotopic (exact) mass is 386 g/mol. The van der Waals surface area contributed by atoms with Gasteiger partial charge in [-0.2, -0.15) is 0 Å². The number of benzene rings is 1. The van der Waals surface area contributed by atoms with Crippen molar-refractivity contribution in [1.29, 1.82) is 0 Å². The van der Waals surface area contributed by atoms with Crippen LogP contribution in [0.2, 0.25) is 0 Å². The molecule has 154 valence electrons. The Morgan fingerprint density at radius 2 is 1.82 bits per heavy atom. The van der Waals surface area contributed by atoms with Crippen molar-refractivity contribution in [2.24, 2.45) is 4.99 Å². The normalized spacial score (nSPS) is 14.2. The summed E-state index contributed by atoms with van der Waals surface area (Å²) in [4.78, 5) is 17.9. The van der Waals surface area contributed by atoms with Gasteiger partial charge in [0.15, 0.2) is 5.96 Å².